The first-order valence-corrected chi connectivity index (χ1v) is 5.79. The Labute approximate surface area is 103 Å². The van der Waals surface area contributed by atoms with Crippen molar-refractivity contribution in [3.05, 3.63) is 27.7 Å². The van der Waals surface area contributed by atoms with Gasteiger partial charge in [0.25, 0.3) is 0 Å². The Bertz CT molecular complexity index is 413. The molecule has 15 heavy (non-hydrogen) atoms. The van der Waals surface area contributed by atoms with Crippen molar-refractivity contribution in [3.8, 4) is 24.7 Å². The Hall–Kier alpha value is -0.900. The zero-order chi connectivity index (χ0) is 11.8. The van der Waals surface area contributed by atoms with Crippen molar-refractivity contribution < 1.29 is 3.89 Å². The second kappa shape index (κ2) is 7.40. The minimum absolute atomic E-state index is 0.0994. The molecule has 0 amide bonds. The van der Waals surface area contributed by atoms with E-state index in [1.54, 1.807) is 12.1 Å². The number of hydrogen-bond donors (Lipinski definition) is 0. The van der Waals surface area contributed by atoms with Gasteiger partial charge in [0.05, 0.1) is 17.0 Å². The molecule has 0 atom stereocenters. The van der Waals surface area contributed by atoms with Crippen LogP contribution >= 0.6 is 28.1 Å². The van der Waals surface area contributed by atoms with Crippen LogP contribution in [0, 0.1) is 24.7 Å². The second-order valence-corrected chi connectivity index (χ2v) is 3.64. The maximum Gasteiger partial charge on any atom is 0.0825 e. The zero-order valence-electron chi connectivity index (χ0n) is 8.47. The molecule has 1 rings (SSSR count). The van der Waals surface area contributed by atoms with Gasteiger partial charge in [-0.2, -0.15) is 3.89 Å². The quantitative estimate of drug-likeness (QED) is 0.688. The molecule has 78 valence electrons. The molecule has 0 aliphatic carbocycles. The SMILES string of the molecule is C#Cc1cc(SF)c(C#C)cc1Br.CC. The van der Waals surface area contributed by atoms with E-state index in [-0.39, 0.29) is 12.1 Å². The van der Waals surface area contributed by atoms with Gasteiger partial charge in [-0.25, -0.2) is 0 Å². The van der Waals surface area contributed by atoms with Gasteiger partial charge in [-0.05, 0) is 28.1 Å². The lowest BCUT2D eigenvalue weighted by Crippen LogP contribution is -1.84. The van der Waals surface area contributed by atoms with Crippen molar-refractivity contribution in [1.29, 1.82) is 0 Å². The molecule has 3 heteroatoms. The minimum Gasteiger partial charge on any atom is -0.160 e. The van der Waals surface area contributed by atoms with Gasteiger partial charge >= 0.3 is 0 Å². The molecule has 0 fully saturated rings. The van der Waals surface area contributed by atoms with Crippen LogP contribution in [0.25, 0.3) is 0 Å². The predicted molar refractivity (Wildman–Crippen MR) is 68.3 cm³/mol. The summed E-state index contributed by atoms with van der Waals surface area (Å²) in [6, 6.07) is 3.18. The molecule has 0 saturated heterocycles. The van der Waals surface area contributed by atoms with Crippen LogP contribution in [0.15, 0.2) is 21.5 Å². The monoisotopic (exact) mass is 284 g/mol. The summed E-state index contributed by atoms with van der Waals surface area (Å²) in [4.78, 5) is 0.374. The Morgan fingerprint density at radius 1 is 1.20 bits per heavy atom. The summed E-state index contributed by atoms with van der Waals surface area (Å²) < 4.78 is 13.1. The van der Waals surface area contributed by atoms with Crippen molar-refractivity contribution in [2.75, 3.05) is 0 Å². The fraction of sp³-hybridized carbons (Fsp3) is 0.167. The van der Waals surface area contributed by atoms with Gasteiger partial charge in [-0.3, -0.25) is 0 Å². The fourth-order valence-electron chi connectivity index (χ4n) is 0.841. The largest absolute Gasteiger partial charge is 0.160 e. The Balaban J connectivity index is 0.000000921. The third-order valence-electron chi connectivity index (χ3n) is 1.46. The lowest BCUT2D eigenvalue weighted by Gasteiger charge is -2.01. The van der Waals surface area contributed by atoms with Gasteiger partial charge in [0.1, 0.15) is 0 Å². The summed E-state index contributed by atoms with van der Waals surface area (Å²) in [6.07, 6.45) is 10.4. The highest BCUT2D eigenvalue weighted by molar-refractivity contribution is 9.10. The summed E-state index contributed by atoms with van der Waals surface area (Å²) in [5.74, 6) is 4.81. The van der Waals surface area contributed by atoms with E-state index in [1.807, 2.05) is 13.8 Å². The minimum atomic E-state index is 0.0994. The van der Waals surface area contributed by atoms with E-state index in [2.05, 4.69) is 27.8 Å². The predicted octanol–water partition coefficient (Wildman–Crippen LogP) is 4.41. The molecule has 0 radical (unpaired) electrons. The van der Waals surface area contributed by atoms with Crippen molar-refractivity contribution >= 4 is 28.1 Å². The average molecular weight is 285 g/mol. The van der Waals surface area contributed by atoms with Crippen LogP contribution in [0.2, 0.25) is 0 Å². The Morgan fingerprint density at radius 3 is 2.13 bits per heavy atom. The van der Waals surface area contributed by atoms with Crippen LogP contribution in [0.5, 0.6) is 0 Å². The van der Waals surface area contributed by atoms with Gasteiger partial charge in [0.2, 0.25) is 0 Å². The van der Waals surface area contributed by atoms with Gasteiger partial charge < -0.3 is 0 Å². The maximum absolute atomic E-state index is 12.4. The van der Waals surface area contributed by atoms with E-state index < -0.39 is 0 Å². The molecule has 0 spiro atoms. The number of benzene rings is 1. The maximum atomic E-state index is 12.4. The van der Waals surface area contributed by atoms with E-state index >= 15 is 0 Å². The van der Waals surface area contributed by atoms with Crippen molar-refractivity contribution in [3.63, 3.8) is 0 Å². The fourth-order valence-corrected chi connectivity index (χ4v) is 1.66. The molecule has 0 bridgehead atoms. The number of terminal acetylenes is 2. The summed E-state index contributed by atoms with van der Waals surface area (Å²) in [7, 11) is 0. The molecule has 0 aliphatic rings. The first-order valence-electron chi connectivity index (χ1n) is 4.28. The van der Waals surface area contributed by atoms with Crippen molar-refractivity contribution in [1.82, 2.24) is 0 Å². The molecule has 0 aromatic heterocycles. The molecular formula is C12H10BrFS. The zero-order valence-corrected chi connectivity index (χ0v) is 10.9. The molecule has 0 nitrogen and oxygen atoms in total. The summed E-state index contributed by atoms with van der Waals surface area (Å²) in [5.41, 5.74) is 1.09. The standard InChI is InChI=1S/C10H4BrFS.C2H6/c1-3-7-6-10(13-12)8(4-2)5-9(7)11;1-2/h1-2,5-6H;1-2H3. The van der Waals surface area contributed by atoms with E-state index in [0.717, 1.165) is 0 Å². The van der Waals surface area contributed by atoms with Gasteiger partial charge in [-0.15, -0.1) is 12.8 Å². The molecular weight excluding hydrogens is 275 g/mol. The molecule has 1 aromatic rings. The average Bonchev–Trinajstić information content (AvgIpc) is 2.31. The third-order valence-corrected chi connectivity index (χ3v) is 2.62. The van der Waals surface area contributed by atoms with Gasteiger partial charge in [0.15, 0.2) is 0 Å². The molecule has 0 unspecified atom stereocenters. The van der Waals surface area contributed by atoms with Gasteiger partial charge in [0, 0.05) is 15.6 Å². The van der Waals surface area contributed by atoms with Crippen LogP contribution in [0.4, 0.5) is 3.89 Å². The van der Waals surface area contributed by atoms with Crippen LogP contribution in [0.1, 0.15) is 25.0 Å². The topological polar surface area (TPSA) is 0 Å². The van der Waals surface area contributed by atoms with Crippen molar-refractivity contribution in [2.45, 2.75) is 18.7 Å². The summed E-state index contributed by atoms with van der Waals surface area (Å²) in [5, 5.41) is 0. The van der Waals surface area contributed by atoms with Crippen LogP contribution in [-0.2, 0) is 0 Å². The smallest absolute Gasteiger partial charge is 0.0825 e. The lowest BCUT2D eigenvalue weighted by molar-refractivity contribution is 0.933. The van der Waals surface area contributed by atoms with E-state index in [0.29, 0.717) is 20.5 Å². The number of rotatable bonds is 1. The third kappa shape index (κ3) is 3.63. The summed E-state index contributed by atoms with van der Waals surface area (Å²) >= 11 is 3.34. The van der Waals surface area contributed by atoms with Crippen molar-refractivity contribution in [2.24, 2.45) is 0 Å². The highest BCUT2D eigenvalue weighted by Crippen LogP contribution is 2.28. The first-order chi connectivity index (χ1) is 7.22. The molecule has 0 heterocycles. The van der Waals surface area contributed by atoms with Crippen LogP contribution in [-0.4, -0.2) is 0 Å². The van der Waals surface area contributed by atoms with Crippen LogP contribution < -0.4 is 0 Å². The normalized spacial score (nSPS) is 8.13. The number of halogens is 2. The molecule has 1 aromatic carbocycles. The van der Waals surface area contributed by atoms with Gasteiger partial charge in [-0.1, -0.05) is 25.7 Å². The van der Waals surface area contributed by atoms with E-state index in [4.69, 9.17) is 12.8 Å². The second-order valence-electron chi connectivity index (χ2n) is 2.19. The van der Waals surface area contributed by atoms with Crippen LogP contribution in [0.3, 0.4) is 0 Å². The first kappa shape index (κ1) is 14.1. The molecule has 0 N–H and O–H groups in total. The summed E-state index contributed by atoms with van der Waals surface area (Å²) in [6.45, 7) is 4.00. The number of hydrogen-bond acceptors (Lipinski definition) is 1. The van der Waals surface area contributed by atoms with E-state index in [1.165, 1.54) is 0 Å². The lowest BCUT2D eigenvalue weighted by atomic mass is 10.1. The molecule has 0 saturated carbocycles. The van der Waals surface area contributed by atoms with E-state index in [9.17, 15) is 3.89 Å². The highest BCUT2D eigenvalue weighted by atomic mass is 79.9. The molecule has 0 aliphatic heterocycles. The highest BCUT2D eigenvalue weighted by Gasteiger charge is 2.06. The Morgan fingerprint density at radius 2 is 1.73 bits per heavy atom. The Kier molecular flexibility index (Phi) is 6.96.